The molecule has 0 bridgehead atoms. The predicted octanol–water partition coefficient (Wildman–Crippen LogP) is 1.80. The highest BCUT2D eigenvalue weighted by Gasteiger charge is 2.36. The maximum absolute atomic E-state index is 11.6. The van der Waals surface area contributed by atoms with Crippen molar-refractivity contribution < 1.29 is 9.59 Å². The first kappa shape index (κ1) is 11.2. The fourth-order valence-corrected chi connectivity index (χ4v) is 2.23. The summed E-state index contributed by atoms with van der Waals surface area (Å²) in [6.07, 6.45) is 6.05. The van der Waals surface area contributed by atoms with Gasteiger partial charge >= 0.3 is 0 Å². The van der Waals surface area contributed by atoms with Crippen molar-refractivity contribution >= 4 is 11.7 Å². The molecule has 1 aliphatic rings. The number of carbonyl (C=O) groups is 2. The van der Waals surface area contributed by atoms with E-state index < -0.39 is 5.54 Å². The first-order valence-electron chi connectivity index (χ1n) is 5.37. The first-order valence-corrected chi connectivity index (χ1v) is 5.37. The van der Waals surface area contributed by atoms with Crippen LogP contribution in [0.4, 0.5) is 0 Å². The van der Waals surface area contributed by atoms with Crippen molar-refractivity contribution in [1.29, 1.82) is 0 Å². The number of nitrogens with one attached hydrogen (secondary N) is 1. The SMILES string of the molecule is CC(=O)NC1(C(C)=O)CCCCCC1. The molecule has 1 saturated carbocycles. The van der Waals surface area contributed by atoms with Crippen LogP contribution in [-0.2, 0) is 9.59 Å². The molecular formula is C11H19NO2. The average molecular weight is 197 g/mol. The fraction of sp³-hybridized carbons (Fsp3) is 0.818. The van der Waals surface area contributed by atoms with Crippen molar-refractivity contribution in [2.45, 2.75) is 57.9 Å². The summed E-state index contributed by atoms with van der Waals surface area (Å²) in [7, 11) is 0. The quantitative estimate of drug-likeness (QED) is 0.686. The lowest BCUT2D eigenvalue weighted by molar-refractivity contribution is -0.130. The van der Waals surface area contributed by atoms with Crippen LogP contribution < -0.4 is 5.32 Å². The smallest absolute Gasteiger partial charge is 0.217 e. The molecule has 0 aliphatic heterocycles. The molecule has 0 saturated heterocycles. The van der Waals surface area contributed by atoms with Crippen LogP contribution in [0.25, 0.3) is 0 Å². The fourth-order valence-electron chi connectivity index (χ4n) is 2.23. The van der Waals surface area contributed by atoms with E-state index >= 15 is 0 Å². The monoisotopic (exact) mass is 197 g/mol. The van der Waals surface area contributed by atoms with Gasteiger partial charge in [-0.25, -0.2) is 0 Å². The molecule has 1 N–H and O–H groups in total. The highest BCUT2D eigenvalue weighted by atomic mass is 16.2. The topological polar surface area (TPSA) is 46.2 Å². The summed E-state index contributed by atoms with van der Waals surface area (Å²) >= 11 is 0. The number of hydrogen-bond donors (Lipinski definition) is 1. The third-order valence-corrected chi connectivity index (χ3v) is 3.05. The Morgan fingerprint density at radius 3 is 1.86 bits per heavy atom. The molecule has 0 heterocycles. The van der Waals surface area contributed by atoms with Crippen molar-refractivity contribution in [2.24, 2.45) is 0 Å². The molecule has 1 fully saturated rings. The Morgan fingerprint density at radius 2 is 1.50 bits per heavy atom. The molecule has 0 aromatic rings. The molecule has 0 spiro atoms. The van der Waals surface area contributed by atoms with Gasteiger partial charge in [-0.3, -0.25) is 9.59 Å². The van der Waals surface area contributed by atoms with Gasteiger partial charge in [-0.1, -0.05) is 25.7 Å². The van der Waals surface area contributed by atoms with Crippen LogP contribution in [0.5, 0.6) is 0 Å². The van der Waals surface area contributed by atoms with E-state index in [1.54, 1.807) is 6.92 Å². The molecule has 3 heteroatoms. The van der Waals surface area contributed by atoms with Gasteiger partial charge in [0, 0.05) is 6.92 Å². The molecule has 14 heavy (non-hydrogen) atoms. The zero-order valence-corrected chi connectivity index (χ0v) is 9.06. The minimum atomic E-state index is -0.553. The molecule has 1 rings (SSSR count). The van der Waals surface area contributed by atoms with E-state index in [0.29, 0.717) is 0 Å². The van der Waals surface area contributed by atoms with Gasteiger partial charge in [0.05, 0.1) is 5.54 Å². The maximum atomic E-state index is 11.6. The van der Waals surface area contributed by atoms with E-state index in [1.165, 1.54) is 19.8 Å². The summed E-state index contributed by atoms with van der Waals surface area (Å²) in [5.74, 6) is 0.0108. The van der Waals surface area contributed by atoms with Crippen molar-refractivity contribution in [3.63, 3.8) is 0 Å². The molecule has 1 aliphatic carbocycles. The molecule has 0 aromatic heterocycles. The summed E-state index contributed by atoms with van der Waals surface area (Å²) in [6, 6.07) is 0. The predicted molar refractivity (Wildman–Crippen MR) is 54.9 cm³/mol. The maximum Gasteiger partial charge on any atom is 0.217 e. The number of rotatable bonds is 2. The molecule has 80 valence electrons. The molecule has 0 atom stereocenters. The summed E-state index contributed by atoms with van der Waals surface area (Å²) in [5.41, 5.74) is -0.553. The molecule has 0 aromatic carbocycles. The van der Waals surface area contributed by atoms with E-state index in [2.05, 4.69) is 5.32 Å². The van der Waals surface area contributed by atoms with Crippen LogP contribution in [0.15, 0.2) is 0 Å². The molecule has 1 amide bonds. The van der Waals surface area contributed by atoms with Crippen molar-refractivity contribution in [1.82, 2.24) is 5.32 Å². The third kappa shape index (κ3) is 2.56. The number of ketones is 1. The van der Waals surface area contributed by atoms with Crippen LogP contribution in [0.1, 0.15) is 52.4 Å². The van der Waals surface area contributed by atoms with Gasteiger partial charge in [-0.05, 0) is 19.8 Å². The van der Waals surface area contributed by atoms with Crippen molar-refractivity contribution in [2.75, 3.05) is 0 Å². The minimum absolute atomic E-state index is 0.0953. The van der Waals surface area contributed by atoms with E-state index in [1.807, 2.05) is 0 Å². The summed E-state index contributed by atoms with van der Waals surface area (Å²) in [4.78, 5) is 22.7. The lowest BCUT2D eigenvalue weighted by atomic mass is 9.86. The Balaban J connectivity index is 2.77. The van der Waals surface area contributed by atoms with E-state index in [4.69, 9.17) is 0 Å². The van der Waals surface area contributed by atoms with Crippen LogP contribution in [0.2, 0.25) is 0 Å². The highest BCUT2D eigenvalue weighted by Crippen LogP contribution is 2.27. The Morgan fingerprint density at radius 1 is 1.00 bits per heavy atom. The van der Waals surface area contributed by atoms with E-state index in [9.17, 15) is 9.59 Å². The van der Waals surface area contributed by atoms with Gasteiger partial charge in [-0.2, -0.15) is 0 Å². The number of amides is 1. The summed E-state index contributed by atoms with van der Waals surface area (Å²) in [6.45, 7) is 3.07. The standard InChI is InChI=1S/C11H19NO2/c1-9(13)11(12-10(2)14)7-5-3-4-6-8-11/h3-8H2,1-2H3,(H,12,14). The van der Waals surface area contributed by atoms with Gasteiger partial charge in [-0.15, -0.1) is 0 Å². The lowest BCUT2D eigenvalue weighted by Crippen LogP contribution is -2.52. The molecule has 0 unspecified atom stereocenters. The number of Topliss-reactive ketones (excluding diaryl/α,β-unsaturated/α-hetero) is 1. The Hall–Kier alpha value is -0.860. The largest absolute Gasteiger partial charge is 0.344 e. The Bertz CT molecular complexity index is 227. The Labute approximate surface area is 85.3 Å². The average Bonchev–Trinajstić information content (AvgIpc) is 2.29. The molecule has 3 nitrogen and oxygen atoms in total. The van der Waals surface area contributed by atoms with Crippen LogP contribution in [0, 0.1) is 0 Å². The second-order valence-corrected chi connectivity index (χ2v) is 4.23. The normalized spacial score (nSPS) is 21.0. The third-order valence-electron chi connectivity index (χ3n) is 3.05. The zero-order valence-electron chi connectivity index (χ0n) is 9.06. The van der Waals surface area contributed by atoms with Gasteiger partial charge in [0.25, 0.3) is 0 Å². The number of hydrogen-bond acceptors (Lipinski definition) is 2. The van der Waals surface area contributed by atoms with Gasteiger partial charge in [0.1, 0.15) is 0 Å². The van der Waals surface area contributed by atoms with Crippen molar-refractivity contribution in [3.8, 4) is 0 Å². The first-order chi connectivity index (χ1) is 6.57. The number of carbonyl (C=O) groups excluding carboxylic acids is 2. The minimum Gasteiger partial charge on any atom is -0.344 e. The van der Waals surface area contributed by atoms with Gasteiger partial charge in [0.15, 0.2) is 5.78 Å². The highest BCUT2D eigenvalue weighted by molar-refractivity contribution is 5.90. The summed E-state index contributed by atoms with van der Waals surface area (Å²) in [5, 5.41) is 2.85. The second-order valence-electron chi connectivity index (χ2n) is 4.23. The van der Waals surface area contributed by atoms with E-state index in [0.717, 1.165) is 25.7 Å². The lowest BCUT2D eigenvalue weighted by Gasteiger charge is -2.30. The Kier molecular flexibility index (Phi) is 3.67. The summed E-state index contributed by atoms with van der Waals surface area (Å²) < 4.78 is 0. The van der Waals surface area contributed by atoms with Gasteiger partial charge in [0.2, 0.25) is 5.91 Å². The molecule has 0 radical (unpaired) electrons. The second kappa shape index (κ2) is 4.58. The van der Waals surface area contributed by atoms with Crippen molar-refractivity contribution in [3.05, 3.63) is 0 Å². The zero-order chi connectivity index (χ0) is 10.6. The van der Waals surface area contributed by atoms with Gasteiger partial charge < -0.3 is 5.32 Å². The van der Waals surface area contributed by atoms with Crippen LogP contribution >= 0.6 is 0 Å². The van der Waals surface area contributed by atoms with Crippen LogP contribution in [0.3, 0.4) is 0 Å². The van der Waals surface area contributed by atoms with E-state index in [-0.39, 0.29) is 11.7 Å². The molecular weight excluding hydrogens is 178 g/mol. The van der Waals surface area contributed by atoms with Crippen LogP contribution in [-0.4, -0.2) is 17.2 Å².